The van der Waals surface area contributed by atoms with Crippen LogP contribution >= 0.6 is 0 Å². The SMILES string of the molecule is COc1cc(C)c(C)cc1C1(CN)CCCCC1. The minimum Gasteiger partial charge on any atom is -0.496 e. The number of hydrogen-bond acceptors (Lipinski definition) is 2. The number of hydrogen-bond donors (Lipinski definition) is 1. The van der Waals surface area contributed by atoms with Crippen LogP contribution in [0.1, 0.15) is 48.8 Å². The molecule has 0 spiro atoms. The molecule has 0 amide bonds. The zero-order valence-electron chi connectivity index (χ0n) is 11.9. The Bertz CT molecular complexity index is 419. The Kier molecular flexibility index (Phi) is 3.96. The molecule has 0 atom stereocenters. The van der Waals surface area contributed by atoms with E-state index in [-0.39, 0.29) is 5.41 Å². The lowest BCUT2D eigenvalue weighted by atomic mass is 9.68. The van der Waals surface area contributed by atoms with Crippen molar-refractivity contribution in [3.05, 3.63) is 28.8 Å². The maximum Gasteiger partial charge on any atom is 0.122 e. The second-order valence-electron chi connectivity index (χ2n) is 5.68. The number of aryl methyl sites for hydroxylation is 2. The van der Waals surface area contributed by atoms with Crippen LogP contribution in [0.5, 0.6) is 5.75 Å². The van der Waals surface area contributed by atoms with E-state index in [4.69, 9.17) is 10.5 Å². The highest BCUT2D eigenvalue weighted by Gasteiger charge is 2.35. The molecule has 18 heavy (non-hydrogen) atoms. The van der Waals surface area contributed by atoms with Crippen LogP contribution in [0.15, 0.2) is 12.1 Å². The molecule has 2 N–H and O–H groups in total. The molecule has 1 saturated carbocycles. The fourth-order valence-electron chi connectivity index (χ4n) is 3.18. The first kappa shape index (κ1) is 13.4. The van der Waals surface area contributed by atoms with Crippen LogP contribution in [-0.4, -0.2) is 13.7 Å². The van der Waals surface area contributed by atoms with E-state index >= 15 is 0 Å². The molecule has 0 bridgehead atoms. The third-order valence-corrected chi connectivity index (χ3v) is 4.59. The first-order valence-corrected chi connectivity index (χ1v) is 6.99. The molecule has 2 heteroatoms. The monoisotopic (exact) mass is 247 g/mol. The van der Waals surface area contributed by atoms with Crippen LogP contribution in [0.25, 0.3) is 0 Å². The summed E-state index contributed by atoms with van der Waals surface area (Å²) in [6, 6.07) is 4.46. The average Bonchev–Trinajstić information content (AvgIpc) is 2.42. The van der Waals surface area contributed by atoms with Crippen LogP contribution < -0.4 is 10.5 Å². The highest BCUT2D eigenvalue weighted by Crippen LogP contribution is 2.43. The molecule has 1 aliphatic rings. The first-order valence-electron chi connectivity index (χ1n) is 6.99. The molecule has 1 aromatic rings. The minimum absolute atomic E-state index is 0.141. The van der Waals surface area contributed by atoms with Crippen molar-refractivity contribution in [2.45, 2.75) is 51.4 Å². The molecule has 0 heterocycles. The molecule has 0 unspecified atom stereocenters. The van der Waals surface area contributed by atoms with Crippen molar-refractivity contribution in [1.29, 1.82) is 0 Å². The van der Waals surface area contributed by atoms with Crippen molar-refractivity contribution < 1.29 is 4.74 Å². The summed E-state index contributed by atoms with van der Waals surface area (Å²) in [7, 11) is 1.76. The normalized spacial score (nSPS) is 18.7. The van der Waals surface area contributed by atoms with Gasteiger partial charge in [0.1, 0.15) is 5.75 Å². The van der Waals surface area contributed by atoms with Crippen molar-refractivity contribution >= 4 is 0 Å². The van der Waals surface area contributed by atoms with E-state index in [0.717, 1.165) is 12.3 Å². The molecule has 2 rings (SSSR count). The van der Waals surface area contributed by atoms with Gasteiger partial charge >= 0.3 is 0 Å². The van der Waals surface area contributed by atoms with Gasteiger partial charge in [-0.05, 0) is 43.9 Å². The van der Waals surface area contributed by atoms with E-state index in [1.807, 2.05) is 0 Å². The maximum absolute atomic E-state index is 6.13. The van der Waals surface area contributed by atoms with Gasteiger partial charge in [0.2, 0.25) is 0 Å². The first-order chi connectivity index (χ1) is 8.63. The molecular weight excluding hydrogens is 222 g/mol. The molecule has 0 aliphatic heterocycles. The number of ether oxygens (including phenoxy) is 1. The molecule has 0 aromatic heterocycles. The van der Waals surface area contributed by atoms with E-state index < -0.39 is 0 Å². The summed E-state index contributed by atoms with van der Waals surface area (Å²) in [5, 5.41) is 0. The number of methoxy groups -OCH3 is 1. The fourth-order valence-corrected chi connectivity index (χ4v) is 3.18. The minimum atomic E-state index is 0.141. The van der Waals surface area contributed by atoms with E-state index in [1.165, 1.54) is 48.8 Å². The molecule has 100 valence electrons. The van der Waals surface area contributed by atoms with Crippen LogP contribution in [0.3, 0.4) is 0 Å². The zero-order chi connectivity index (χ0) is 13.2. The van der Waals surface area contributed by atoms with Gasteiger partial charge in [0.05, 0.1) is 7.11 Å². The van der Waals surface area contributed by atoms with Crippen molar-refractivity contribution in [3.63, 3.8) is 0 Å². The Morgan fingerprint density at radius 3 is 2.28 bits per heavy atom. The molecule has 2 nitrogen and oxygen atoms in total. The maximum atomic E-state index is 6.13. The van der Waals surface area contributed by atoms with E-state index in [2.05, 4.69) is 26.0 Å². The highest BCUT2D eigenvalue weighted by atomic mass is 16.5. The number of benzene rings is 1. The third-order valence-electron chi connectivity index (χ3n) is 4.59. The van der Waals surface area contributed by atoms with Gasteiger partial charge in [0.15, 0.2) is 0 Å². The van der Waals surface area contributed by atoms with E-state index in [0.29, 0.717) is 0 Å². The Morgan fingerprint density at radius 1 is 1.11 bits per heavy atom. The van der Waals surface area contributed by atoms with Crippen LogP contribution in [-0.2, 0) is 5.41 Å². The summed E-state index contributed by atoms with van der Waals surface area (Å²) in [5.74, 6) is 1.02. The summed E-state index contributed by atoms with van der Waals surface area (Å²) in [4.78, 5) is 0. The lowest BCUT2D eigenvalue weighted by Crippen LogP contribution is -2.37. The lowest BCUT2D eigenvalue weighted by molar-refractivity contribution is 0.287. The van der Waals surface area contributed by atoms with Gasteiger partial charge in [-0.1, -0.05) is 25.3 Å². The van der Waals surface area contributed by atoms with Crippen molar-refractivity contribution in [3.8, 4) is 5.75 Å². The lowest BCUT2D eigenvalue weighted by Gasteiger charge is -2.38. The predicted molar refractivity (Wildman–Crippen MR) is 76.3 cm³/mol. The van der Waals surface area contributed by atoms with Crippen molar-refractivity contribution in [1.82, 2.24) is 0 Å². The number of nitrogens with two attached hydrogens (primary N) is 1. The summed E-state index contributed by atoms with van der Waals surface area (Å²) in [5.41, 5.74) is 10.2. The molecule has 1 fully saturated rings. The standard InChI is InChI=1S/C16H25NO/c1-12-9-14(15(18-3)10-13(12)2)16(11-17)7-5-4-6-8-16/h9-10H,4-8,11,17H2,1-3H3. The van der Waals surface area contributed by atoms with Gasteiger partial charge in [0, 0.05) is 17.5 Å². The molecule has 0 radical (unpaired) electrons. The average molecular weight is 247 g/mol. The quantitative estimate of drug-likeness (QED) is 0.887. The van der Waals surface area contributed by atoms with Gasteiger partial charge in [-0.2, -0.15) is 0 Å². The zero-order valence-corrected chi connectivity index (χ0v) is 11.9. The van der Waals surface area contributed by atoms with Crippen molar-refractivity contribution in [2.24, 2.45) is 5.73 Å². The van der Waals surface area contributed by atoms with Crippen molar-refractivity contribution in [2.75, 3.05) is 13.7 Å². The highest BCUT2D eigenvalue weighted by molar-refractivity contribution is 5.46. The Hall–Kier alpha value is -1.02. The summed E-state index contributed by atoms with van der Waals surface area (Å²) >= 11 is 0. The summed E-state index contributed by atoms with van der Waals surface area (Å²) in [6.07, 6.45) is 6.31. The van der Waals surface area contributed by atoms with E-state index in [9.17, 15) is 0 Å². The largest absolute Gasteiger partial charge is 0.496 e. The van der Waals surface area contributed by atoms with Gasteiger partial charge in [-0.3, -0.25) is 0 Å². The summed E-state index contributed by atoms with van der Waals surface area (Å²) in [6.45, 7) is 5.04. The molecule has 1 aromatic carbocycles. The Balaban J connectivity index is 2.49. The van der Waals surface area contributed by atoms with E-state index in [1.54, 1.807) is 7.11 Å². The molecular formula is C16H25NO. The van der Waals surface area contributed by atoms with Crippen LogP contribution in [0.2, 0.25) is 0 Å². The third kappa shape index (κ3) is 2.26. The number of rotatable bonds is 3. The van der Waals surface area contributed by atoms with Gasteiger partial charge < -0.3 is 10.5 Å². The molecule has 0 saturated heterocycles. The fraction of sp³-hybridized carbons (Fsp3) is 0.625. The second kappa shape index (κ2) is 5.31. The van der Waals surface area contributed by atoms with Crippen LogP contribution in [0.4, 0.5) is 0 Å². The van der Waals surface area contributed by atoms with Gasteiger partial charge in [0.25, 0.3) is 0 Å². The Labute approximate surface area is 111 Å². The smallest absolute Gasteiger partial charge is 0.122 e. The summed E-state index contributed by atoms with van der Waals surface area (Å²) < 4.78 is 5.61. The Morgan fingerprint density at radius 2 is 1.72 bits per heavy atom. The topological polar surface area (TPSA) is 35.2 Å². The van der Waals surface area contributed by atoms with Crippen LogP contribution in [0, 0.1) is 13.8 Å². The van der Waals surface area contributed by atoms with Gasteiger partial charge in [-0.15, -0.1) is 0 Å². The predicted octanol–water partition coefficient (Wildman–Crippen LogP) is 3.47. The molecule has 1 aliphatic carbocycles. The van der Waals surface area contributed by atoms with Gasteiger partial charge in [-0.25, -0.2) is 0 Å². The second-order valence-corrected chi connectivity index (χ2v) is 5.68.